The van der Waals surface area contributed by atoms with E-state index in [0.29, 0.717) is 12.2 Å². The van der Waals surface area contributed by atoms with Gasteiger partial charge in [-0.1, -0.05) is 12.1 Å². The Morgan fingerprint density at radius 2 is 2.23 bits per heavy atom. The van der Waals surface area contributed by atoms with Crippen LogP contribution in [0.25, 0.3) is 0 Å². The maximum Gasteiger partial charge on any atom is 0.244 e. The number of rotatable bonds is 3. The average Bonchev–Trinajstić information content (AvgIpc) is 2.54. The van der Waals surface area contributed by atoms with E-state index in [1.54, 1.807) is 12.0 Å². The second-order valence-electron chi connectivity index (χ2n) is 5.78. The standard InChI is InChI=1S/C16H21N3O3/c1-22-12-5-4-8-18(9-12)11-16(21)19-10-15(20)17-13-6-2-3-7-14(13)19/h2-3,6-7,12H,4-5,8-11H2,1H3,(H,17,20). The summed E-state index contributed by atoms with van der Waals surface area (Å²) < 4.78 is 5.39. The molecule has 1 saturated heterocycles. The van der Waals surface area contributed by atoms with Crippen LogP contribution in [0.3, 0.4) is 0 Å². The molecule has 3 rings (SSSR count). The Balaban J connectivity index is 1.71. The van der Waals surface area contributed by atoms with Gasteiger partial charge in [-0.15, -0.1) is 0 Å². The number of anilines is 2. The lowest BCUT2D eigenvalue weighted by atomic mass is 10.1. The van der Waals surface area contributed by atoms with Crippen molar-refractivity contribution in [3.8, 4) is 0 Å². The van der Waals surface area contributed by atoms with Crippen LogP contribution in [0, 0.1) is 0 Å². The molecule has 1 N–H and O–H groups in total. The number of nitrogens with zero attached hydrogens (tertiary/aromatic N) is 2. The summed E-state index contributed by atoms with van der Waals surface area (Å²) in [6, 6.07) is 7.40. The zero-order chi connectivity index (χ0) is 15.5. The molecule has 1 aromatic carbocycles. The molecule has 2 amide bonds. The minimum Gasteiger partial charge on any atom is -0.380 e. The molecule has 0 aromatic heterocycles. The molecule has 2 aliphatic rings. The first-order valence-corrected chi connectivity index (χ1v) is 7.62. The SMILES string of the molecule is COC1CCCN(CC(=O)N2CC(=O)Nc3ccccc32)C1. The van der Waals surface area contributed by atoms with Crippen LogP contribution in [0.4, 0.5) is 11.4 Å². The van der Waals surface area contributed by atoms with E-state index in [1.165, 1.54) is 0 Å². The van der Waals surface area contributed by atoms with Crippen molar-refractivity contribution in [2.24, 2.45) is 0 Å². The number of ether oxygens (including phenoxy) is 1. The van der Waals surface area contributed by atoms with E-state index in [2.05, 4.69) is 10.2 Å². The van der Waals surface area contributed by atoms with E-state index in [0.717, 1.165) is 31.6 Å². The van der Waals surface area contributed by atoms with Gasteiger partial charge < -0.3 is 10.1 Å². The number of para-hydroxylation sites is 2. The summed E-state index contributed by atoms with van der Waals surface area (Å²) in [5.74, 6) is -0.195. The molecule has 1 aromatic rings. The number of amides is 2. The molecular formula is C16H21N3O3. The molecular weight excluding hydrogens is 282 g/mol. The molecule has 22 heavy (non-hydrogen) atoms. The third-order valence-corrected chi connectivity index (χ3v) is 4.23. The van der Waals surface area contributed by atoms with Gasteiger partial charge in [0.15, 0.2) is 0 Å². The zero-order valence-electron chi connectivity index (χ0n) is 12.7. The molecule has 1 fully saturated rings. The van der Waals surface area contributed by atoms with Crippen LogP contribution in [-0.2, 0) is 14.3 Å². The van der Waals surface area contributed by atoms with Crippen molar-refractivity contribution in [1.82, 2.24) is 4.90 Å². The van der Waals surface area contributed by atoms with Gasteiger partial charge in [-0.2, -0.15) is 0 Å². The molecule has 0 spiro atoms. The largest absolute Gasteiger partial charge is 0.380 e. The number of benzene rings is 1. The Hall–Kier alpha value is -1.92. The summed E-state index contributed by atoms with van der Waals surface area (Å²) in [7, 11) is 1.71. The highest BCUT2D eigenvalue weighted by Crippen LogP contribution is 2.29. The Kier molecular flexibility index (Phi) is 4.40. The van der Waals surface area contributed by atoms with E-state index in [9.17, 15) is 9.59 Å². The molecule has 1 unspecified atom stereocenters. The van der Waals surface area contributed by atoms with Crippen molar-refractivity contribution in [2.45, 2.75) is 18.9 Å². The number of nitrogens with one attached hydrogen (secondary N) is 1. The maximum atomic E-state index is 12.6. The zero-order valence-corrected chi connectivity index (χ0v) is 12.7. The van der Waals surface area contributed by atoms with E-state index in [4.69, 9.17) is 4.74 Å². The second-order valence-corrected chi connectivity index (χ2v) is 5.78. The summed E-state index contributed by atoms with van der Waals surface area (Å²) >= 11 is 0. The predicted molar refractivity (Wildman–Crippen MR) is 83.9 cm³/mol. The fourth-order valence-electron chi connectivity index (χ4n) is 3.08. The van der Waals surface area contributed by atoms with Crippen LogP contribution in [-0.4, -0.2) is 56.1 Å². The summed E-state index contributed by atoms with van der Waals surface area (Å²) in [6.07, 6.45) is 2.26. The first-order valence-electron chi connectivity index (χ1n) is 7.62. The molecule has 0 saturated carbocycles. The van der Waals surface area contributed by atoms with Crippen LogP contribution in [0.1, 0.15) is 12.8 Å². The smallest absolute Gasteiger partial charge is 0.244 e. The molecule has 0 bridgehead atoms. The molecule has 0 aliphatic carbocycles. The van der Waals surface area contributed by atoms with Gasteiger partial charge in [0.1, 0.15) is 6.54 Å². The number of fused-ring (bicyclic) bond motifs is 1. The molecule has 6 nitrogen and oxygen atoms in total. The van der Waals surface area contributed by atoms with Crippen LogP contribution in [0.5, 0.6) is 0 Å². The third-order valence-electron chi connectivity index (χ3n) is 4.23. The number of carbonyl (C=O) groups excluding carboxylic acids is 2. The van der Waals surface area contributed by atoms with Crippen LogP contribution in [0.15, 0.2) is 24.3 Å². The minimum absolute atomic E-state index is 0.0425. The number of hydrogen-bond acceptors (Lipinski definition) is 4. The monoisotopic (exact) mass is 303 g/mol. The second kappa shape index (κ2) is 6.46. The first-order chi connectivity index (χ1) is 10.7. The van der Waals surface area contributed by atoms with E-state index in [1.807, 2.05) is 24.3 Å². The van der Waals surface area contributed by atoms with Gasteiger partial charge >= 0.3 is 0 Å². The van der Waals surface area contributed by atoms with Crippen molar-refractivity contribution in [2.75, 3.05) is 43.5 Å². The molecule has 0 radical (unpaired) electrons. The van der Waals surface area contributed by atoms with Crippen molar-refractivity contribution in [3.63, 3.8) is 0 Å². The fraction of sp³-hybridized carbons (Fsp3) is 0.500. The lowest BCUT2D eigenvalue weighted by Crippen LogP contribution is -2.49. The number of carbonyl (C=O) groups is 2. The summed E-state index contributed by atoms with van der Waals surface area (Å²) in [6.45, 7) is 2.07. The maximum absolute atomic E-state index is 12.6. The number of likely N-dealkylation sites (tertiary alicyclic amines) is 1. The molecule has 1 atom stereocenters. The van der Waals surface area contributed by atoms with Gasteiger partial charge in [0.2, 0.25) is 11.8 Å². The van der Waals surface area contributed by atoms with Gasteiger partial charge in [-0.3, -0.25) is 19.4 Å². The van der Waals surface area contributed by atoms with E-state index >= 15 is 0 Å². The Bertz CT molecular complexity index is 576. The van der Waals surface area contributed by atoms with Gasteiger partial charge in [0, 0.05) is 13.7 Å². The number of methoxy groups -OCH3 is 1. The summed E-state index contributed by atoms with van der Waals surface area (Å²) in [5.41, 5.74) is 1.47. The summed E-state index contributed by atoms with van der Waals surface area (Å²) in [5, 5.41) is 2.80. The van der Waals surface area contributed by atoms with Gasteiger partial charge in [0.05, 0.1) is 24.0 Å². The quantitative estimate of drug-likeness (QED) is 0.908. The Morgan fingerprint density at radius 1 is 1.41 bits per heavy atom. The third kappa shape index (κ3) is 3.13. The highest BCUT2D eigenvalue weighted by atomic mass is 16.5. The normalized spacial score (nSPS) is 22.1. The minimum atomic E-state index is -0.152. The van der Waals surface area contributed by atoms with Crippen molar-refractivity contribution < 1.29 is 14.3 Å². The average molecular weight is 303 g/mol. The predicted octanol–water partition coefficient (Wildman–Crippen LogP) is 1.08. The van der Waals surface area contributed by atoms with Gasteiger partial charge in [-0.05, 0) is 31.5 Å². The van der Waals surface area contributed by atoms with Crippen LogP contribution < -0.4 is 10.2 Å². The first kappa shape index (κ1) is 15.0. The number of piperidine rings is 1. The van der Waals surface area contributed by atoms with Crippen molar-refractivity contribution >= 4 is 23.2 Å². The van der Waals surface area contributed by atoms with Crippen LogP contribution >= 0.6 is 0 Å². The summed E-state index contributed by atoms with van der Waals surface area (Å²) in [4.78, 5) is 28.1. The lowest BCUT2D eigenvalue weighted by molar-refractivity contribution is -0.123. The van der Waals surface area contributed by atoms with E-state index < -0.39 is 0 Å². The van der Waals surface area contributed by atoms with E-state index in [-0.39, 0.29) is 24.5 Å². The van der Waals surface area contributed by atoms with Gasteiger partial charge in [-0.25, -0.2) is 0 Å². The highest BCUT2D eigenvalue weighted by Gasteiger charge is 2.29. The topological polar surface area (TPSA) is 61.9 Å². The fourth-order valence-corrected chi connectivity index (χ4v) is 3.08. The highest BCUT2D eigenvalue weighted by molar-refractivity contribution is 6.10. The number of hydrogen-bond donors (Lipinski definition) is 1. The van der Waals surface area contributed by atoms with Crippen LogP contribution in [0.2, 0.25) is 0 Å². The van der Waals surface area contributed by atoms with Crippen molar-refractivity contribution in [1.29, 1.82) is 0 Å². The molecule has 2 aliphatic heterocycles. The Morgan fingerprint density at radius 3 is 3.05 bits per heavy atom. The van der Waals surface area contributed by atoms with Gasteiger partial charge in [0.25, 0.3) is 0 Å². The molecule has 6 heteroatoms. The molecule has 118 valence electrons. The molecule has 2 heterocycles. The Labute approximate surface area is 130 Å². The van der Waals surface area contributed by atoms with Crippen molar-refractivity contribution in [3.05, 3.63) is 24.3 Å². The lowest BCUT2D eigenvalue weighted by Gasteiger charge is -2.34.